The number of aromatic nitrogens is 2. The van der Waals surface area contributed by atoms with Crippen LogP contribution in [0.15, 0.2) is 23.7 Å². The lowest BCUT2D eigenvalue weighted by molar-refractivity contribution is 0.102. The number of nitrogens with zero attached hydrogens (tertiary/aromatic N) is 3. The zero-order chi connectivity index (χ0) is 20.8. The second kappa shape index (κ2) is 8.28. The number of carbonyl (C=O) groups excluding carboxylic acids is 1. The lowest BCUT2D eigenvalue weighted by atomic mass is 10.0. The highest BCUT2D eigenvalue weighted by Gasteiger charge is 2.38. The highest BCUT2D eigenvalue weighted by Crippen LogP contribution is 2.46. The minimum Gasteiger partial charge on any atom is -0.361 e. The fourth-order valence-corrected chi connectivity index (χ4v) is 6.69. The molecule has 3 aromatic heterocycles. The van der Waals surface area contributed by atoms with Crippen LogP contribution in [0.4, 0.5) is 10.1 Å². The van der Waals surface area contributed by atoms with Crippen LogP contribution in [0.3, 0.4) is 0 Å². The molecule has 30 heavy (non-hydrogen) atoms. The summed E-state index contributed by atoms with van der Waals surface area (Å²) < 4.78 is 0. The first-order chi connectivity index (χ1) is 14.5. The van der Waals surface area contributed by atoms with Crippen molar-refractivity contribution in [3.8, 4) is 10.6 Å². The number of nitrogens with one attached hydrogen (secondary N) is 1. The summed E-state index contributed by atoms with van der Waals surface area (Å²) in [5.41, 5.74) is 1.21. The number of fused-ring (bicyclic) bond motifs is 1. The standard InChI is InChI=1S/C20H17Cl3N4OS2/c21-13-5-15(29-9-13)16-19(27-7-10-2-1-3-11(10)8-27)30-20(25-16)26-18(28)12-4-14(22)17(23)24-6-12/h4-6,9-11H,1-3,7-8H2,(H,25,26,28). The van der Waals surface area contributed by atoms with Gasteiger partial charge in [0.25, 0.3) is 5.91 Å². The van der Waals surface area contributed by atoms with Gasteiger partial charge in [0.05, 0.1) is 20.5 Å². The summed E-state index contributed by atoms with van der Waals surface area (Å²) in [4.78, 5) is 24.8. The van der Waals surface area contributed by atoms with Gasteiger partial charge < -0.3 is 4.90 Å². The molecule has 2 atom stereocenters. The van der Waals surface area contributed by atoms with Gasteiger partial charge in [0.2, 0.25) is 0 Å². The summed E-state index contributed by atoms with van der Waals surface area (Å²) in [5.74, 6) is 1.19. The zero-order valence-electron chi connectivity index (χ0n) is 15.7. The Balaban J connectivity index is 1.45. The number of thiophene rings is 1. The van der Waals surface area contributed by atoms with E-state index in [9.17, 15) is 4.79 Å². The Morgan fingerprint density at radius 1 is 1.17 bits per heavy atom. The van der Waals surface area contributed by atoms with Crippen molar-refractivity contribution in [2.24, 2.45) is 11.8 Å². The molecule has 5 rings (SSSR count). The molecule has 3 aromatic rings. The van der Waals surface area contributed by atoms with Crippen LogP contribution < -0.4 is 10.2 Å². The van der Waals surface area contributed by atoms with Crippen LogP contribution in [0, 0.1) is 11.8 Å². The average Bonchev–Trinajstić information content (AvgIpc) is 3.46. The molecule has 1 saturated heterocycles. The fourth-order valence-electron chi connectivity index (χ4n) is 4.29. The maximum atomic E-state index is 12.7. The molecule has 0 radical (unpaired) electrons. The van der Waals surface area contributed by atoms with Crippen molar-refractivity contribution >= 4 is 73.5 Å². The first kappa shape index (κ1) is 20.5. The Bertz CT molecular complexity index is 1100. The number of amides is 1. The Hall–Kier alpha value is -1.38. The molecule has 1 aliphatic heterocycles. The van der Waals surface area contributed by atoms with E-state index >= 15 is 0 Å². The van der Waals surface area contributed by atoms with Crippen LogP contribution in [-0.2, 0) is 0 Å². The predicted octanol–water partition coefficient (Wildman–Crippen LogP) is 6.72. The Morgan fingerprint density at radius 3 is 2.60 bits per heavy atom. The number of hydrogen-bond acceptors (Lipinski definition) is 6. The van der Waals surface area contributed by atoms with Crippen LogP contribution in [0.5, 0.6) is 0 Å². The van der Waals surface area contributed by atoms with Crippen molar-refractivity contribution in [1.82, 2.24) is 9.97 Å². The fraction of sp³-hybridized carbons (Fsp3) is 0.350. The van der Waals surface area contributed by atoms with Crippen molar-refractivity contribution in [1.29, 1.82) is 0 Å². The molecule has 0 bridgehead atoms. The number of anilines is 2. The van der Waals surface area contributed by atoms with E-state index < -0.39 is 0 Å². The topological polar surface area (TPSA) is 58.1 Å². The summed E-state index contributed by atoms with van der Waals surface area (Å²) in [6, 6.07) is 3.43. The quantitative estimate of drug-likeness (QED) is 0.405. The van der Waals surface area contributed by atoms with Gasteiger partial charge in [-0.15, -0.1) is 11.3 Å². The molecule has 4 heterocycles. The Kier molecular flexibility index (Phi) is 5.66. The lowest BCUT2D eigenvalue weighted by Crippen LogP contribution is -2.20. The van der Waals surface area contributed by atoms with Gasteiger partial charge in [0, 0.05) is 24.7 Å². The van der Waals surface area contributed by atoms with Crippen LogP contribution in [0.25, 0.3) is 10.6 Å². The molecule has 0 spiro atoms. The molecule has 1 amide bonds. The molecule has 1 aliphatic carbocycles. The normalized spacial score (nSPS) is 20.6. The number of hydrogen-bond donors (Lipinski definition) is 1. The summed E-state index contributed by atoms with van der Waals surface area (Å²) in [6.45, 7) is 2.09. The van der Waals surface area contributed by atoms with Gasteiger partial charge in [-0.3, -0.25) is 10.1 Å². The third-order valence-corrected chi connectivity index (χ3v) is 8.70. The Labute approximate surface area is 197 Å². The van der Waals surface area contributed by atoms with E-state index in [1.807, 2.05) is 11.4 Å². The molecule has 2 fully saturated rings. The van der Waals surface area contributed by atoms with Gasteiger partial charge in [-0.1, -0.05) is 52.6 Å². The van der Waals surface area contributed by atoms with E-state index in [4.69, 9.17) is 39.8 Å². The highest BCUT2D eigenvalue weighted by molar-refractivity contribution is 7.21. The SMILES string of the molecule is O=C(Nc1nc(-c2cc(Cl)cs2)c(N2CC3CCCC3C2)s1)c1cnc(Cl)c(Cl)c1. The van der Waals surface area contributed by atoms with Gasteiger partial charge in [-0.05, 0) is 36.8 Å². The second-order valence-electron chi connectivity index (χ2n) is 7.61. The molecule has 0 aromatic carbocycles. The minimum atomic E-state index is -0.324. The molecule has 156 valence electrons. The highest BCUT2D eigenvalue weighted by atomic mass is 35.5. The average molecular weight is 500 g/mol. The predicted molar refractivity (Wildman–Crippen MR) is 126 cm³/mol. The molecular formula is C20H17Cl3N4OS2. The summed E-state index contributed by atoms with van der Waals surface area (Å²) in [7, 11) is 0. The number of pyridine rings is 1. The molecule has 1 N–H and O–H groups in total. The van der Waals surface area contributed by atoms with Crippen molar-refractivity contribution in [3.63, 3.8) is 0 Å². The van der Waals surface area contributed by atoms with Gasteiger partial charge in [-0.2, -0.15) is 0 Å². The van der Waals surface area contributed by atoms with Crippen molar-refractivity contribution in [2.75, 3.05) is 23.3 Å². The van der Waals surface area contributed by atoms with E-state index in [-0.39, 0.29) is 16.1 Å². The molecular weight excluding hydrogens is 483 g/mol. The first-order valence-electron chi connectivity index (χ1n) is 9.60. The smallest absolute Gasteiger partial charge is 0.259 e. The van der Waals surface area contributed by atoms with Crippen molar-refractivity contribution in [3.05, 3.63) is 44.5 Å². The number of carbonyl (C=O) groups is 1. The Morgan fingerprint density at radius 2 is 1.93 bits per heavy atom. The van der Waals surface area contributed by atoms with E-state index in [0.717, 1.165) is 40.5 Å². The van der Waals surface area contributed by atoms with E-state index in [0.29, 0.717) is 15.7 Å². The second-order valence-corrected chi connectivity index (χ2v) is 10.7. The molecule has 5 nitrogen and oxygen atoms in total. The third kappa shape index (κ3) is 3.94. The minimum absolute atomic E-state index is 0.168. The van der Waals surface area contributed by atoms with Crippen LogP contribution in [-0.4, -0.2) is 29.0 Å². The van der Waals surface area contributed by atoms with Crippen LogP contribution >= 0.6 is 57.5 Å². The molecule has 10 heteroatoms. The third-order valence-electron chi connectivity index (χ3n) is 5.70. The molecule has 2 aliphatic rings. The van der Waals surface area contributed by atoms with Crippen LogP contribution in [0.2, 0.25) is 15.2 Å². The van der Waals surface area contributed by atoms with Gasteiger partial charge >= 0.3 is 0 Å². The van der Waals surface area contributed by atoms with E-state index in [1.165, 1.54) is 42.9 Å². The zero-order valence-corrected chi connectivity index (χ0v) is 19.6. The van der Waals surface area contributed by atoms with Crippen molar-refractivity contribution in [2.45, 2.75) is 19.3 Å². The molecule has 1 saturated carbocycles. The summed E-state index contributed by atoms with van der Waals surface area (Å²) in [6.07, 6.45) is 5.33. The number of halogens is 3. The summed E-state index contributed by atoms with van der Waals surface area (Å²) in [5, 5.41) is 7.52. The van der Waals surface area contributed by atoms with Gasteiger partial charge in [-0.25, -0.2) is 9.97 Å². The monoisotopic (exact) mass is 498 g/mol. The summed E-state index contributed by atoms with van der Waals surface area (Å²) >= 11 is 21.1. The first-order valence-corrected chi connectivity index (χ1v) is 12.4. The number of thiazole rings is 1. The number of rotatable bonds is 4. The lowest BCUT2D eigenvalue weighted by Gasteiger charge is -2.18. The van der Waals surface area contributed by atoms with Gasteiger partial charge in [0.15, 0.2) is 5.13 Å². The van der Waals surface area contributed by atoms with E-state index in [2.05, 4.69) is 15.2 Å². The maximum absolute atomic E-state index is 12.7. The largest absolute Gasteiger partial charge is 0.361 e. The van der Waals surface area contributed by atoms with Crippen LogP contribution in [0.1, 0.15) is 29.6 Å². The maximum Gasteiger partial charge on any atom is 0.259 e. The molecule has 2 unspecified atom stereocenters. The van der Waals surface area contributed by atoms with E-state index in [1.54, 1.807) is 11.3 Å². The van der Waals surface area contributed by atoms with Crippen molar-refractivity contribution < 1.29 is 4.79 Å². The van der Waals surface area contributed by atoms with Gasteiger partial charge in [0.1, 0.15) is 15.8 Å².